The lowest BCUT2D eigenvalue weighted by atomic mass is 9.85. The van der Waals surface area contributed by atoms with Crippen molar-refractivity contribution in [3.8, 4) is 11.6 Å². The number of methoxy groups -OCH3 is 1. The van der Waals surface area contributed by atoms with E-state index < -0.39 is 0 Å². The average Bonchev–Trinajstić information content (AvgIpc) is 3.26. The Labute approximate surface area is 249 Å². The molecular formula is C32H44N6O4. The second-order valence-electron chi connectivity index (χ2n) is 11.5. The van der Waals surface area contributed by atoms with Gasteiger partial charge in [-0.3, -0.25) is 9.69 Å². The van der Waals surface area contributed by atoms with Crippen LogP contribution in [-0.4, -0.2) is 65.8 Å². The monoisotopic (exact) mass is 576 g/mol. The van der Waals surface area contributed by atoms with Gasteiger partial charge in [-0.15, -0.1) is 0 Å². The van der Waals surface area contributed by atoms with Gasteiger partial charge in [-0.1, -0.05) is 33.8 Å². The molecule has 4 rings (SSSR count). The standard InChI is InChI=1S/C32H44N6O4/c1-9-10-26(42-27-11-12-34-31(33-6)36-27)28-21(2)17-25(37(28)7)30(39)35-24-19-23(32(3,4)5)18-22(29(24)40-8)20-38-13-15-41-16-14-38/h10-12,17-19H,9,13-16,20H2,1-8H3,(H,35,39)(H,33,34,36)/b26-10+. The van der Waals surface area contributed by atoms with Crippen molar-refractivity contribution < 1.29 is 19.0 Å². The van der Waals surface area contributed by atoms with E-state index >= 15 is 0 Å². The molecule has 0 spiro atoms. The maximum Gasteiger partial charge on any atom is 0.272 e. The number of aromatic nitrogens is 3. The first kappa shape index (κ1) is 31.1. The summed E-state index contributed by atoms with van der Waals surface area (Å²) in [6.07, 6.45) is 4.37. The Morgan fingerprint density at radius 3 is 2.57 bits per heavy atom. The number of anilines is 2. The summed E-state index contributed by atoms with van der Waals surface area (Å²) in [6, 6.07) is 7.81. The van der Waals surface area contributed by atoms with Crippen molar-refractivity contribution in [3.05, 3.63) is 64.6 Å². The number of ether oxygens (including phenoxy) is 3. The minimum atomic E-state index is -0.233. The number of nitrogens with one attached hydrogen (secondary N) is 2. The summed E-state index contributed by atoms with van der Waals surface area (Å²) in [5.41, 5.74) is 4.91. The van der Waals surface area contributed by atoms with Gasteiger partial charge < -0.3 is 29.4 Å². The molecule has 0 unspecified atom stereocenters. The third-order valence-corrected chi connectivity index (χ3v) is 7.33. The average molecular weight is 577 g/mol. The van der Waals surface area contributed by atoms with E-state index in [4.69, 9.17) is 14.2 Å². The molecule has 3 aromatic rings. The molecule has 10 heteroatoms. The van der Waals surface area contributed by atoms with Gasteiger partial charge in [-0.25, -0.2) is 4.98 Å². The highest BCUT2D eigenvalue weighted by atomic mass is 16.5. The first-order chi connectivity index (χ1) is 20.0. The Bertz CT molecular complexity index is 1430. The minimum absolute atomic E-state index is 0.119. The van der Waals surface area contributed by atoms with E-state index in [1.54, 1.807) is 26.4 Å². The Kier molecular flexibility index (Phi) is 9.90. The van der Waals surface area contributed by atoms with Gasteiger partial charge in [-0.2, -0.15) is 4.98 Å². The first-order valence-corrected chi connectivity index (χ1v) is 14.4. The molecule has 0 aliphatic carbocycles. The number of nitrogens with zero attached hydrogens (tertiary/aromatic N) is 4. The van der Waals surface area contributed by atoms with Crippen LogP contribution >= 0.6 is 0 Å². The Balaban J connectivity index is 1.68. The van der Waals surface area contributed by atoms with Crippen molar-refractivity contribution in [3.63, 3.8) is 0 Å². The summed E-state index contributed by atoms with van der Waals surface area (Å²) in [7, 11) is 5.28. The Morgan fingerprint density at radius 2 is 1.93 bits per heavy atom. The molecule has 2 N–H and O–H groups in total. The van der Waals surface area contributed by atoms with Gasteiger partial charge >= 0.3 is 0 Å². The molecule has 0 bridgehead atoms. The molecule has 1 amide bonds. The minimum Gasteiger partial charge on any atom is -0.494 e. The molecule has 1 aromatic carbocycles. The van der Waals surface area contributed by atoms with Crippen molar-refractivity contribution in [2.45, 2.75) is 53.0 Å². The number of morpholine rings is 1. The van der Waals surface area contributed by atoms with Crippen molar-refractivity contribution in [2.75, 3.05) is 51.1 Å². The quantitative estimate of drug-likeness (QED) is 0.310. The lowest BCUT2D eigenvalue weighted by Gasteiger charge is -2.29. The summed E-state index contributed by atoms with van der Waals surface area (Å²) >= 11 is 0. The smallest absolute Gasteiger partial charge is 0.272 e. The van der Waals surface area contributed by atoms with Crippen molar-refractivity contribution >= 4 is 23.3 Å². The molecule has 0 atom stereocenters. The number of carbonyl (C=O) groups is 1. The SMILES string of the molecule is CC/C=C(/Oc1ccnc(NC)n1)c1c(C)cc(C(=O)Nc2cc(C(C)(C)C)cc(CN3CCOCC3)c2OC)n1C. The first-order valence-electron chi connectivity index (χ1n) is 14.4. The van der Waals surface area contributed by atoms with Crippen LogP contribution in [0, 0.1) is 6.92 Å². The van der Waals surface area contributed by atoms with Gasteiger partial charge in [0.2, 0.25) is 11.8 Å². The third-order valence-electron chi connectivity index (χ3n) is 7.33. The van der Waals surface area contributed by atoms with Crippen LogP contribution in [0.3, 0.4) is 0 Å². The predicted octanol–water partition coefficient (Wildman–Crippen LogP) is 5.39. The zero-order valence-electron chi connectivity index (χ0n) is 26.1. The van der Waals surface area contributed by atoms with Gasteiger partial charge in [0.05, 0.1) is 31.7 Å². The molecular weight excluding hydrogens is 532 g/mol. The predicted molar refractivity (Wildman–Crippen MR) is 166 cm³/mol. The van der Waals surface area contributed by atoms with E-state index in [9.17, 15) is 4.79 Å². The highest BCUT2D eigenvalue weighted by Gasteiger charge is 2.25. The molecule has 3 heterocycles. The molecule has 0 radical (unpaired) electrons. The molecule has 1 saturated heterocycles. The molecule has 1 aliphatic heterocycles. The van der Waals surface area contributed by atoms with E-state index in [1.165, 1.54) is 0 Å². The molecule has 2 aromatic heterocycles. The summed E-state index contributed by atoms with van der Waals surface area (Å²) in [5, 5.41) is 6.10. The molecule has 1 aliphatic rings. The fourth-order valence-corrected chi connectivity index (χ4v) is 5.10. The van der Waals surface area contributed by atoms with Crippen LogP contribution in [0.2, 0.25) is 0 Å². The molecule has 10 nitrogen and oxygen atoms in total. The third kappa shape index (κ3) is 7.11. The lowest BCUT2D eigenvalue weighted by molar-refractivity contribution is 0.0339. The summed E-state index contributed by atoms with van der Waals surface area (Å²) < 4.78 is 19.5. The number of hydrogen-bond acceptors (Lipinski definition) is 8. The van der Waals surface area contributed by atoms with Crippen LogP contribution in [0.1, 0.15) is 67.0 Å². The second-order valence-corrected chi connectivity index (χ2v) is 11.5. The van der Waals surface area contributed by atoms with Crippen LogP contribution in [0.15, 0.2) is 36.5 Å². The lowest BCUT2D eigenvalue weighted by Crippen LogP contribution is -2.35. The Hall–Kier alpha value is -3.89. The van der Waals surface area contributed by atoms with Crippen LogP contribution < -0.4 is 20.1 Å². The van der Waals surface area contributed by atoms with Crippen LogP contribution in [0.4, 0.5) is 11.6 Å². The van der Waals surface area contributed by atoms with E-state index in [-0.39, 0.29) is 11.3 Å². The summed E-state index contributed by atoms with van der Waals surface area (Å²) in [4.78, 5) is 24.8. The zero-order valence-corrected chi connectivity index (χ0v) is 26.1. The number of rotatable bonds is 10. The highest BCUT2D eigenvalue weighted by molar-refractivity contribution is 6.05. The van der Waals surface area contributed by atoms with E-state index in [0.717, 1.165) is 41.9 Å². The maximum atomic E-state index is 13.8. The number of benzene rings is 1. The van der Waals surface area contributed by atoms with Gasteiger partial charge in [0.15, 0.2) is 0 Å². The van der Waals surface area contributed by atoms with Crippen molar-refractivity contribution in [1.29, 1.82) is 0 Å². The highest BCUT2D eigenvalue weighted by Crippen LogP contribution is 2.37. The van der Waals surface area contributed by atoms with Gasteiger partial charge in [0.1, 0.15) is 17.2 Å². The van der Waals surface area contributed by atoms with E-state index in [1.807, 2.05) is 43.7 Å². The topological polar surface area (TPSA) is 103 Å². The number of carbonyl (C=O) groups excluding carboxylic acids is 1. The number of aryl methyl sites for hydroxylation is 1. The van der Waals surface area contributed by atoms with Gasteiger partial charge in [0.25, 0.3) is 5.91 Å². The molecule has 1 fully saturated rings. The molecule has 42 heavy (non-hydrogen) atoms. The van der Waals surface area contributed by atoms with E-state index in [2.05, 4.69) is 52.3 Å². The van der Waals surface area contributed by atoms with E-state index in [0.29, 0.717) is 54.5 Å². The number of hydrogen-bond donors (Lipinski definition) is 2. The fourth-order valence-electron chi connectivity index (χ4n) is 5.10. The zero-order chi connectivity index (χ0) is 30.4. The largest absolute Gasteiger partial charge is 0.494 e. The summed E-state index contributed by atoms with van der Waals surface area (Å²) in [5.74, 6) is 1.94. The Morgan fingerprint density at radius 1 is 1.19 bits per heavy atom. The van der Waals surface area contributed by atoms with Crippen molar-refractivity contribution in [2.24, 2.45) is 7.05 Å². The van der Waals surface area contributed by atoms with Crippen molar-refractivity contribution in [1.82, 2.24) is 19.4 Å². The van der Waals surface area contributed by atoms with Crippen LogP contribution in [-0.2, 0) is 23.7 Å². The second kappa shape index (κ2) is 13.4. The normalized spacial score (nSPS) is 14.5. The molecule has 0 saturated carbocycles. The number of amides is 1. The molecule has 226 valence electrons. The fraction of sp³-hybridized carbons (Fsp3) is 0.469. The van der Waals surface area contributed by atoms with Gasteiger partial charge in [0, 0.05) is 51.6 Å². The van der Waals surface area contributed by atoms with Crippen LogP contribution in [0.25, 0.3) is 5.76 Å². The summed E-state index contributed by atoms with van der Waals surface area (Å²) in [6.45, 7) is 14.4. The maximum absolute atomic E-state index is 13.8. The number of allylic oxidation sites excluding steroid dienone is 1. The van der Waals surface area contributed by atoms with Crippen LogP contribution in [0.5, 0.6) is 11.6 Å². The van der Waals surface area contributed by atoms with Gasteiger partial charge in [-0.05, 0) is 48.1 Å².